The maximum absolute atomic E-state index is 11.2. The van der Waals surface area contributed by atoms with E-state index in [1.165, 1.54) is 12.8 Å². The molecular weight excluding hydrogens is 396 g/mol. The van der Waals surface area contributed by atoms with E-state index in [0.29, 0.717) is 0 Å². The molecule has 3 aliphatic rings. The SMILES string of the molecule is Br.CC[C@@H]1CN2CCC1CC2[C@H](O)c1ccnc2ccc(OC)cc12.O. The summed E-state index contributed by atoms with van der Waals surface area (Å²) in [4.78, 5) is 6.94. The van der Waals surface area contributed by atoms with Gasteiger partial charge >= 0.3 is 0 Å². The number of rotatable bonds is 4. The van der Waals surface area contributed by atoms with Crippen LogP contribution in [0.15, 0.2) is 30.5 Å². The van der Waals surface area contributed by atoms with Crippen molar-refractivity contribution in [3.05, 3.63) is 36.0 Å². The number of hydrogen-bond donors (Lipinski definition) is 1. The van der Waals surface area contributed by atoms with Crippen LogP contribution in [0.25, 0.3) is 10.9 Å². The predicted molar refractivity (Wildman–Crippen MR) is 109 cm³/mol. The second kappa shape index (κ2) is 8.65. The van der Waals surface area contributed by atoms with Gasteiger partial charge in [0, 0.05) is 24.2 Å². The highest BCUT2D eigenvalue weighted by Crippen LogP contribution is 2.42. The van der Waals surface area contributed by atoms with Crippen LogP contribution in [0.3, 0.4) is 0 Å². The van der Waals surface area contributed by atoms with Gasteiger partial charge < -0.3 is 15.3 Å². The molecule has 3 aliphatic heterocycles. The molecule has 5 rings (SSSR count). The zero-order chi connectivity index (χ0) is 16.7. The Morgan fingerprint density at radius 1 is 1.35 bits per heavy atom. The standard InChI is InChI=1S/C20H26N2O2.BrH.H2O/c1-3-13-12-22-9-7-14(13)10-19(22)20(23)16-6-8-21-18-5-4-15(24-2)11-17(16)18;;/h4-6,8,11,13-14,19-20,23H,3,7,9-10,12H2,1-2H3;1H;1H2/t13-,14?,19?,20-;;/m1../s1. The van der Waals surface area contributed by atoms with Crippen molar-refractivity contribution in [2.45, 2.75) is 38.3 Å². The molecular formula is C20H29BrN2O3. The minimum Gasteiger partial charge on any atom is -0.497 e. The van der Waals surface area contributed by atoms with Crippen LogP contribution in [-0.2, 0) is 0 Å². The largest absolute Gasteiger partial charge is 0.497 e. The van der Waals surface area contributed by atoms with Gasteiger partial charge in [-0.15, -0.1) is 17.0 Å². The van der Waals surface area contributed by atoms with Crippen molar-refractivity contribution in [2.75, 3.05) is 20.2 Å². The summed E-state index contributed by atoms with van der Waals surface area (Å²) in [6.45, 7) is 4.55. The van der Waals surface area contributed by atoms with Crippen LogP contribution < -0.4 is 4.74 Å². The normalized spacial score (nSPS) is 28.1. The van der Waals surface area contributed by atoms with Gasteiger partial charge in [0.2, 0.25) is 0 Å². The fourth-order valence-corrected chi connectivity index (χ4v) is 4.71. The van der Waals surface area contributed by atoms with Crippen LogP contribution in [0, 0.1) is 11.8 Å². The number of benzene rings is 1. The van der Waals surface area contributed by atoms with E-state index in [9.17, 15) is 5.11 Å². The molecule has 3 saturated heterocycles. The molecule has 1 aromatic carbocycles. The lowest BCUT2D eigenvalue weighted by Crippen LogP contribution is -2.55. The van der Waals surface area contributed by atoms with Gasteiger partial charge in [-0.1, -0.05) is 13.3 Å². The number of fused-ring (bicyclic) bond motifs is 4. The topological polar surface area (TPSA) is 77.1 Å². The monoisotopic (exact) mass is 424 g/mol. The first-order valence-corrected chi connectivity index (χ1v) is 9.06. The lowest BCUT2D eigenvalue weighted by atomic mass is 9.72. The van der Waals surface area contributed by atoms with Gasteiger partial charge in [-0.25, -0.2) is 0 Å². The summed E-state index contributed by atoms with van der Waals surface area (Å²) in [6, 6.07) is 8.07. The highest BCUT2D eigenvalue weighted by molar-refractivity contribution is 8.93. The Balaban J connectivity index is 0.00000121. The Labute approximate surface area is 165 Å². The van der Waals surface area contributed by atoms with Gasteiger partial charge in [0.05, 0.1) is 18.7 Å². The van der Waals surface area contributed by atoms with E-state index >= 15 is 0 Å². The molecule has 3 N–H and O–H groups in total. The van der Waals surface area contributed by atoms with Crippen LogP contribution in [0.2, 0.25) is 0 Å². The highest BCUT2D eigenvalue weighted by atomic mass is 79.9. The molecule has 0 amide bonds. The zero-order valence-corrected chi connectivity index (χ0v) is 17.1. The summed E-state index contributed by atoms with van der Waals surface area (Å²) in [5, 5.41) is 12.2. The number of aliphatic hydroxyl groups is 1. The second-order valence-electron chi connectivity index (χ2n) is 7.24. The highest BCUT2D eigenvalue weighted by Gasteiger charge is 2.42. The molecule has 26 heavy (non-hydrogen) atoms. The number of piperidine rings is 3. The lowest BCUT2D eigenvalue weighted by molar-refractivity contribution is -0.0562. The van der Waals surface area contributed by atoms with Crippen LogP contribution in [0.5, 0.6) is 5.75 Å². The molecule has 0 saturated carbocycles. The Bertz CT molecular complexity index is 742. The number of nitrogens with zero attached hydrogens (tertiary/aromatic N) is 2. The molecule has 0 spiro atoms. The number of hydrogen-bond acceptors (Lipinski definition) is 4. The summed E-state index contributed by atoms with van der Waals surface area (Å²) in [5.74, 6) is 2.37. The lowest BCUT2D eigenvalue weighted by Gasteiger charge is -2.51. The van der Waals surface area contributed by atoms with E-state index in [0.717, 1.165) is 53.6 Å². The number of methoxy groups -OCH3 is 1. The maximum Gasteiger partial charge on any atom is 0.119 e. The molecule has 3 fully saturated rings. The molecule has 0 aliphatic carbocycles. The number of aromatic nitrogens is 1. The van der Waals surface area contributed by atoms with Crippen molar-refractivity contribution in [2.24, 2.45) is 11.8 Å². The molecule has 144 valence electrons. The first kappa shape index (κ1) is 21.1. The third-order valence-corrected chi connectivity index (χ3v) is 6.13. The Kier molecular flexibility index (Phi) is 7.02. The average Bonchev–Trinajstić information content (AvgIpc) is 2.66. The molecule has 1 aromatic heterocycles. The van der Waals surface area contributed by atoms with Crippen LogP contribution in [-0.4, -0.2) is 46.7 Å². The summed E-state index contributed by atoms with van der Waals surface area (Å²) >= 11 is 0. The third-order valence-electron chi connectivity index (χ3n) is 6.13. The Morgan fingerprint density at radius 3 is 2.81 bits per heavy atom. The van der Waals surface area contributed by atoms with Crippen molar-refractivity contribution >= 4 is 27.9 Å². The van der Waals surface area contributed by atoms with Crippen molar-refractivity contribution < 1.29 is 15.3 Å². The smallest absolute Gasteiger partial charge is 0.119 e. The molecule has 0 radical (unpaired) electrons. The van der Waals surface area contributed by atoms with Crippen LogP contribution in [0.1, 0.15) is 37.9 Å². The second-order valence-corrected chi connectivity index (χ2v) is 7.24. The maximum atomic E-state index is 11.2. The van der Waals surface area contributed by atoms with E-state index in [2.05, 4.69) is 16.8 Å². The third kappa shape index (κ3) is 3.60. The van der Waals surface area contributed by atoms with Gasteiger partial charge in [0.25, 0.3) is 0 Å². The minimum absolute atomic E-state index is 0. The first-order chi connectivity index (χ1) is 11.7. The van der Waals surface area contributed by atoms with Crippen LogP contribution in [0.4, 0.5) is 0 Å². The summed E-state index contributed by atoms with van der Waals surface area (Å²) in [5.41, 5.74) is 1.89. The molecule has 5 nitrogen and oxygen atoms in total. The van der Waals surface area contributed by atoms with Gasteiger partial charge in [0.15, 0.2) is 0 Å². The quantitative estimate of drug-likeness (QED) is 0.817. The zero-order valence-electron chi connectivity index (χ0n) is 15.4. The van der Waals surface area contributed by atoms with E-state index < -0.39 is 6.10 Å². The fourth-order valence-electron chi connectivity index (χ4n) is 4.71. The fraction of sp³-hybridized carbons (Fsp3) is 0.550. The summed E-state index contributed by atoms with van der Waals surface area (Å²) in [7, 11) is 1.67. The molecule has 2 bridgehead atoms. The molecule has 4 heterocycles. The minimum atomic E-state index is -0.469. The van der Waals surface area contributed by atoms with Crippen LogP contribution >= 0.6 is 17.0 Å². The van der Waals surface area contributed by atoms with Gasteiger partial charge in [-0.2, -0.15) is 0 Å². The van der Waals surface area contributed by atoms with E-state index in [-0.39, 0.29) is 28.5 Å². The van der Waals surface area contributed by atoms with E-state index in [1.807, 2.05) is 24.3 Å². The van der Waals surface area contributed by atoms with Crippen molar-refractivity contribution in [1.82, 2.24) is 9.88 Å². The number of ether oxygens (including phenoxy) is 1. The van der Waals surface area contributed by atoms with Gasteiger partial charge in [-0.3, -0.25) is 9.88 Å². The number of pyridine rings is 1. The number of halogens is 1. The van der Waals surface area contributed by atoms with Crippen molar-refractivity contribution in [3.8, 4) is 5.75 Å². The average molecular weight is 425 g/mol. The van der Waals surface area contributed by atoms with E-state index in [4.69, 9.17) is 4.74 Å². The predicted octanol–water partition coefficient (Wildman–Crippen LogP) is 3.15. The summed E-state index contributed by atoms with van der Waals surface area (Å²) in [6.07, 6.45) is 4.97. The molecule has 5 atom stereocenters. The van der Waals surface area contributed by atoms with Gasteiger partial charge in [-0.05, 0) is 61.1 Å². The van der Waals surface area contributed by atoms with E-state index in [1.54, 1.807) is 13.3 Å². The number of aliphatic hydroxyl groups excluding tert-OH is 1. The Hall–Kier alpha value is -1.21. The Morgan fingerprint density at radius 2 is 2.15 bits per heavy atom. The van der Waals surface area contributed by atoms with Crippen molar-refractivity contribution in [1.29, 1.82) is 0 Å². The van der Waals surface area contributed by atoms with Gasteiger partial charge in [0.1, 0.15) is 5.75 Å². The molecule has 2 aromatic rings. The molecule has 6 heteroatoms. The molecule has 3 unspecified atom stereocenters. The summed E-state index contributed by atoms with van der Waals surface area (Å²) < 4.78 is 5.36. The first-order valence-electron chi connectivity index (χ1n) is 9.06. The van der Waals surface area contributed by atoms with Crippen molar-refractivity contribution in [3.63, 3.8) is 0 Å².